The van der Waals surface area contributed by atoms with Gasteiger partial charge in [-0.05, 0) is 36.5 Å². The lowest BCUT2D eigenvalue weighted by Gasteiger charge is -2.35. The maximum atomic E-state index is 6.16. The molecule has 1 atom stereocenters. The van der Waals surface area contributed by atoms with E-state index in [2.05, 4.69) is 42.3 Å². The predicted molar refractivity (Wildman–Crippen MR) is 82.7 cm³/mol. The molecule has 0 aliphatic carbocycles. The van der Waals surface area contributed by atoms with Gasteiger partial charge in [0.25, 0.3) is 0 Å². The smallest absolute Gasteiger partial charge is 0.0409 e. The van der Waals surface area contributed by atoms with Crippen molar-refractivity contribution in [3.05, 3.63) is 34.9 Å². The largest absolute Gasteiger partial charge is 0.314 e. The maximum Gasteiger partial charge on any atom is 0.0409 e. The molecule has 0 saturated carbocycles. The summed E-state index contributed by atoms with van der Waals surface area (Å²) in [6.45, 7) is 9.06. The number of piperazine rings is 1. The Bertz CT molecular complexity index is 386. The quantitative estimate of drug-likeness (QED) is 0.884. The number of benzene rings is 1. The molecular weight excluding hydrogens is 256 g/mol. The van der Waals surface area contributed by atoms with E-state index < -0.39 is 0 Å². The van der Waals surface area contributed by atoms with Crippen molar-refractivity contribution in [2.45, 2.75) is 32.7 Å². The molecule has 1 aromatic rings. The first-order valence-corrected chi connectivity index (χ1v) is 7.75. The Kier molecular flexibility index (Phi) is 5.68. The van der Waals surface area contributed by atoms with Crippen LogP contribution in [0.3, 0.4) is 0 Å². The fourth-order valence-corrected chi connectivity index (χ4v) is 2.96. The Morgan fingerprint density at radius 1 is 1.21 bits per heavy atom. The summed E-state index contributed by atoms with van der Waals surface area (Å²) >= 11 is 6.16. The Balaban J connectivity index is 2.12. The van der Waals surface area contributed by atoms with Crippen molar-refractivity contribution >= 4 is 11.6 Å². The average molecular weight is 281 g/mol. The fourth-order valence-electron chi connectivity index (χ4n) is 2.76. The molecule has 1 aliphatic heterocycles. The third kappa shape index (κ3) is 4.48. The maximum absolute atomic E-state index is 6.16. The van der Waals surface area contributed by atoms with E-state index in [1.54, 1.807) is 0 Å². The molecule has 1 N–H and O–H groups in total. The van der Waals surface area contributed by atoms with Gasteiger partial charge in [-0.15, -0.1) is 0 Å². The van der Waals surface area contributed by atoms with Gasteiger partial charge in [0, 0.05) is 37.2 Å². The first-order chi connectivity index (χ1) is 9.16. The second-order valence-corrected chi connectivity index (χ2v) is 6.26. The Hall–Kier alpha value is -0.570. The van der Waals surface area contributed by atoms with E-state index in [0.29, 0.717) is 6.04 Å². The summed E-state index contributed by atoms with van der Waals surface area (Å²) in [5.41, 5.74) is 1.37. The van der Waals surface area contributed by atoms with Crippen LogP contribution in [-0.2, 0) is 0 Å². The SMILES string of the molecule is CC(C)CC[C@@H](c1cccc(Cl)c1)N1CCNCC1. The van der Waals surface area contributed by atoms with Crippen LogP contribution >= 0.6 is 11.6 Å². The zero-order valence-corrected chi connectivity index (χ0v) is 12.8. The molecule has 1 saturated heterocycles. The molecule has 2 nitrogen and oxygen atoms in total. The van der Waals surface area contributed by atoms with Crippen LogP contribution in [0.25, 0.3) is 0 Å². The molecule has 2 rings (SSSR count). The van der Waals surface area contributed by atoms with Crippen LogP contribution in [0, 0.1) is 5.92 Å². The van der Waals surface area contributed by atoms with Crippen LogP contribution in [0.15, 0.2) is 24.3 Å². The van der Waals surface area contributed by atoms with Crippen LogP contribution in [-0.4, -0.2) is 31.1 Å². The van der Waals surface area contributed by atoms with Gasteiger partial charge in [-0.25, -0.2) is 0 Å². The minimum atomic E-state index is 0.517. The molecule has 19 heavy (non-hydrogen) atoms. The van der Waals surface area contributed by atoms with E-state index in [1.807, 2.05) is 6.07 Å². The normalized spacial score (nSPS) is 18.7. The summed E-state index contributed by atoms with van der Waals surface area (Å²) in [7, 11) is 0. The van der Waals surface area contributed by atoms with Crippen molar-refractivity contribution < 1.29 is 0 Å². The van der Waals surface area contributed by atoms with E-state index in [0.717, 1.165) is 37.1 Å². The van der Waals surface area contributed by atoms with Gasteiger partial charge in [0.1, 0.15) is 0 Å². The van der Waals surface area contributed by atoms with E-state index in [9.17, 15) is 0 Å². The average Bonchev–Trinajstić information content (AvgIpc) is 2.40. The minimum Gasteiger partial charge on any atom is -0.314 e. The molecule has 0 unspecified atom stereocenters. The van der Waals surface area contributed by atoms with Gasteiger partial charge in [-0.3, -0.25) is 4.90 Å². The third-order valence-corrected chi connectivity index (χ3v) is 4.08. The van der Waals surface area contributed by atoms with Crippen molar-refractivity contribution in [3.63, 3.8) is 0 Å². The molecule has 106 valence electrons. The predicted octanol–water partition coefficient (Wildman–Crippen LogP) is 3.72. The zero-order valence-electron chi connectivity index (χ0n) is 12.0. The van der Waals surface area contributed by atoms with Crippen LogP contribution < -0.4 is 5.32 Å². The Morgan fingerprint density at radius 2 is 1.95 bits per heavy atom. The van der Waals surface area contributed by atoms with E-state index >= 15 is 0 Å². The van der Waals surface area contributed by atoms with Crippen molar-refractivity contribution in [1.29, 1.82) is 0 Å². The van der Waals surface area contributed by atoms with Crippen LogP contribution in [0.4, 0.5) is 0 Å². The van der Waals surface area contributed by atoms with E-state index in [4.69, 9.17) is 11.6 Å². The summed E-state index contributed by atoms with van der Waals surface area (Å²) in [6, 6.07) is 8.90. The van der Waals surface area contributed by atoms with Gasteiger partial charge < -0.3 is 5.32 Å². The van der Waals surface area contributed by atoms with Crippen molar-refractivity contribution in [2.75, 3.05) is 26.2 Å². The Morgan fingerprint density at radius 3 is 2.58 bits per heavy atom. The second-order valence-electron chi connectivity index (χ2n) is 5.83. The minimum absolute atomic E-state index is 0.517. The summed E-state index contributed by atoms with van der Waals surface area (Å²) in [6.07, 6.45) is 2.49. The summed E-state index contributed by atoms with van der Waals surface area (Å²) in [5, 5.41) is 4.28. The summed E-state index contributed by atoms with van der Waals surface area (Å²) in [5.74, 6) is 0.754. The van der Waals surface area contributed by atoms with Crippen molar-refractivity contribution in [2.24, 2.45) is 5.92 Å². The third-order valence-electron chi connectivity index (χ3n) is 3.84. The lowest BCUT2D eigenvalue weighted by molar-refractivity contribution is 0.160. The lowest BCUT2D eigenvalue weighted by atomic mass is 9.96. The number of rotatable bonds is 5. The molecule has 1 heterocycles. The van der Waals surface area contributed by atoms with Crippen LogP contribution in [0.5, 0.6) is 0 Å². The highest BCUT2D eigenvalue weighted by atomic mass is 35.5. The van der Waals surface area contributed by atoms with Gasteiger partial charge in [0.05, 0.1) is 0 Å². The number of nitrogens with one attached hydrogen (secondary N) is 1. The molecule has 0 spiro atoms. The number of halogens is 1. The molecule has 1 fully saturated rings. The molecule has 1 aliphatic rings. The highest BCUT2D eigenvalue weighted by molar-refractivity contribution is 6.30. The van der Waals surface area contributed by atoms with Gasteiger partial charge >= 0.3 is 0 Å². The molecular formula is C16H25ClN2. The van der Waals surface area contributed by atoms with Gasteiger partial charge in [0.2, 0.25) is 0 Å². The molecule has 3 heteroatoms. The molecule has 1 aromatic carbocycles. The topological polar surface area (TPSA) is 15.3 Å². The van der Waals surface area contributed by atoms with Gasteiger partial charge in [-0.1, -0.05) is 37.6 Å². The number of nitrogens with zero attached hydrogens (tertiary/aromatic N) is 1. The van der Waals surface area contributed by atoms with Crippen molar-refractivity contribution in [3.8, 4) is 0 Å². The molecule has 0 radical (unpaired) electrons. The first-order valence-electron chi connectivity index (χ1n) is 7.37. The zero-order chi connectivity index (χ0) is 13.7. The Labute approximate surface area is 122 Å². The number of hydrogen-bond acceptors (Lipinski definition) is 2. The highest BCUT2D eigenvalue weighted by Crippen LogP contribution is 2.29. The van der Waals surface area contributed by atoms with E-state index in [-0.39, 0.29) is 0 Å². The lowest BCUT2D eigenvalue weighted by Crippen LogP contribution is -2.45. The monoisotopic (exact) mass is 280 g/mol. The van der Waals surface area contributed by atoms with Crippen LogP contribution in [0.2, 0.25) is 5.02 Å². The van der Waals surface area contributed by atoms with Crippen molar-refractivity contribution in [1.82, 2.24) is 10.2 Å². The second kappa shape index (κ2) is 7.28. The molecule has 0 aromatic heterocycles. The molecule has 0 bridgehead atoms. The van der Waals surface area contributed by atoms with Gasteiger partial charge in [0.15, 0.2) is 0 Å². The number of hydrogen-bond donors (Lipinski definition) is 1. The highest BCUT2D eigenvalue weighted by Gasteiger charge is 2.22. The fraction of sp³-hybridized carbons (Fsp3) is 0.625. The van der Waals surface area contributed by atoms with Gasteiger partial charge in [-0.2, -0.15) is 0 Å². The molecule has 0 amide bonds. The summed E-state index contributed by atoms with van der Waals surface area (Å²) < 4.78 is 0. The van der Waals surface area contributed by atoms with E-state index in [1.165, 1.54) is 18.4 Å². The standard InChI is InChI=1S/C16H25ClN2/c1-13(2)6-7-16(19-10-8-18-9-11-19)14-4-3-5-15(17)12-14/h3-5,12-13,16,18H,6-11H2,1-2H3/t16-/m0/s1. The summed E-state index contributed by atoms with van der Waals surface area (Å²) in [4.78, 5) is 2.60. The first kappa shape index (κ1) is 14.8. The van der Waals surface area contributed by atoms with Crippen LogP contribution in [0.1, 0.15) is 38.3 Å².